The molecular weight excluding hydrogens is 411 g/mol. The summed E-state index contributed by atoms with van der Waals surface area (Å²) in [5.74, 6) is 2.37. The number of ether oxygens (including phenoxy) is 1. The minimum atomic E-state index is 0.575. The van der Waals surface area contributed by atoms with Crippen molar-refractivity contribution < 1.29 is 4.74 Å². The van der Waals surface area contributed by atoms with Crippen molar-refractivity contribution in [3.05, 3.63) is 107 Å². The molecule has 0 bridgehead atoms. The van der Waals surface area contributed by atoms with Gasteiger partial charge in [-0.1, -0.05) is 102 Å². The van der Waals surface area contributed by atoms with Crippen molar-refractivity contribution in [3.63, 3.8) is 0 Å². The lowest BCUT2D eigenvalue weighted by Gasteiger charge is -2.17. The molecule has 0 saturated carbocycles. The summed E-state index contributed by atoms with van der Waals surface area (Å²) in [7, 11) is 0.939. The van der Waals surface area contributed by atoms with Crippen LogP contribution in [0.5, 0.6) is 11.5 Å². The highest BCUT2D eigenvalue weighted by Gasteiger charge is 2.14. The maximum absolute atomic E-state index is 6.23. The molecule has 34 heavy (non-hydrogen) atoms. The van der Waals surface area contributed by atoms with E-state index in [2.05, 4.69) is 120 Å². The van der Waals surface area contributed by atoms with Gasteiger partial charge in [-0.2, -0.15) is 0 Å². The van der Waals surface area contributed by atoms with E-state index in [0.717, 1.165) is 25.2 Å². The van der Waals surface area contributed by atoms with Crippen LogP contribution < -0.4 is 15.7 Å². The first-order valence-electron chi connectivity index (χ1n) is 12.4. The van der Waals surface area contributed by atoms with Crippen molar-refractivity contribution in [3.8, 4) is 22.6 Å². The normalized spacial score (nSPS) is 11.8. The predicted molar refractivity (Wildman–Crippen MR) is 149 cm³/mol. The van der Waals surface area contributed by atoms with Crippen LogP contribution in [0.1, 0.15) is 54.0 Å². The van der Waals surface area contributed by atoms with E-state index < -0.39 is 0 Å². The average Bonchev–Trinajstić information content (AvgIpc) is 2.83. The van der Waals surface area contributed by atoms with Crippen LogP contribution in [0.25, 0.3) is 11.1 Å². The lowest BCUT2D eigenvalue weighted by atomic mass is 9.58. The van der Waals surface area contributed by atoms with Gasteiger partial charge in [0.05, 0.1) is 0 Å². The Kier molecular flexibility index (Phi) is 7.27. The Morgan fingerprint density at radius 1 is 0.647 bits per heavy atom. The fourth-order valence-corrected chi connectivity index (χ4v) is 4.77. The molecule has 0 fully saturated rings. The van der Waals surface area contributed by atoms with Gasteiger partial charge in [-0.05, 0) is 81.0 Å². The fourth-order valence-electron chi connectivity index (χ4n) is 4.77. The highest BCUT2D eigenvalue weighted by molar-refractivity contribution is 6.69. The van der Waals surface area contributed by atoms with E-state index in [1.807, 2.05) is 0 Å². The molecule has 0 amide bonds. The molecule has 0 radical (unpaired) electrons. The topological polar surface area (TPSA) is 9.23 Å². The summed E-state index contributed by atoms with van der Waals surface area (Å²) in [5.41, 5.74) is 12.0. The summed E-state index contributed by atoms with van der Waals surface area (Å²) in [6, 6.07) is 28.2. The van der Waals surface area contributed by atoms with E-state index in [0.29, 0.717) is 5.92 Å². The lowest BCUT2D eigenvalue weighted by Crippen LogP contribution is -2.34. The molecular formula is C32H35BO. The molecule has 4 aromatic carbocycles. The average molecular weight is 446 g/mol. The van der Waals surface area contributed by atoms with Crippen LogP contribution in [0.4, 0.5) is 0 Å². The maximum Gasteiger partial charge on any atom is 0.193 e. The van der Waals surface area contributed by atoms with Gasteiger partial charge in [0, 0.05) is 0 Å². The van der Waals surface area contributed by atoms with Crippen LogP contribution in [0.3, 0.4) is 0 Å². The van der Waals surface area contributed by atoms with Gasteiger partial charge in [0.15, 0.2) is 7.28 Å². The van der Waals surface area contributed by atoms with E-state index in [-0.39, 0.29) is 0 Å². The van der Waals surface area contributed by atoms with Crippen molar-refractivity contribution in [2.45, 2.75) is 53.9 Å². The number of aryl methyl sites for hydroxylation is 4. The first-order chi connectivity index (χ1) is 16.4. The maximum atomic E-state index is 6.23. The smallest absolute Gasteiger partial charge is 0.193 e. The second-order valence-corrected chi connectivity index (χ2v) is 9.65. The second-order valence-electron chi connectivity index (χ2n) is 9.65. The molecule has 4 aromatic rings. The van der Waals surface area contributed by atoms with Crippen LogP contribution in [0.2, 0.25) is 0 Å². The van der Waals surface area contributed by atoms with Gasteiger partial charge < -0.3 is 4.74 Å². The molecule has 1 unspecified atom stereocenters. The van der Waals surface area contributed by atoms with Crippen molar-refractivity contribution in [1.29, 1.82) is 0 Å². The van der Waals surface area contributed by atoms with Crippen molar-refractivity contribution in [2.75, 3.05) is 0 Å². The Bertz CT molecular complexity index is 1230. The Hall–Kier alpha value is -3.26. The molecule has 1 atom stereocenters. The quantitative estimate of drug-likeness (QED) is 0.271. The summed E-state index contributed by atoms with van der Waals surface area (Å²) in [4.78, 5) is 0. The van der Waals surface area contributed by atoms with E-state index in [4.69, 9.17) is 4.74 Å². The van der Waals surface area contributed by atoms with E-state index in [1.54, 1.807) is 0 Å². The molecule has 2 heteroatoms. The highest BCUT2D eigenvalue weighted by Crippen LogP contribution is 2.26. The Labute approximate surface area is 206 Å². The standard InChI is InChI=1S/C32H35BO/c1-7-21(2)26-13-15-29(16-14-26)34-30-19-24(5)32(25(6)20-30)33-31-22(3)17-28(18-23(31)4)27-11-9-8-10-12-27/h8-21,33H,7H2,1-6H3. The van der Waals surface area contributed by atoms with Crippen LogP contribution in [0, 0.1) is 27.7 Å². The summed E-state index contributed by atoms with van der Waals surface area (Å²) < 4.78 is 6.23. The third-order valence-electron chi connectivity index (χ3n) is 7.12. The fraction of sp³-hybridized carbons (Fsp3) is 0.250. The highest BCUT2D eigenvalue weighted by atomic mass is 16.5. The number of hydrogen-bond donors (Lipinski definition) is 0. The molecule has 0 spiro atoms. The third-order valence-corrected chi connectivity index (χ3v) is 7.12. The molecule has 0 aliphatic heterocycles. The molecule has 0 aromatic heterocycles. The molecule has 0 aliphatic carbocycles. The van der Waals surface area contributed by atoms with Crippen molar-refractivity contribution >= 4 is 18.2 Å². The third kappa shape index (κ3) is 5.28. The van der Waals surface area contributed by atoms with Gasteiger partial charge in [0.2, 0.25) is 0 Å². The van der Waals surface area contributed by atoms with Gasteiger partial charge in [0.25, 0.3) is 0 Å². The van der Waals surface area contributed by atoms with E-state index >= 15 is 0 Å². The Balaban J connectivity index is 1.56. The van der Waals surface area contributed by atoms with E-state index in [1.165, 1.54) is 49.9 Å². The summed E-state index contributed by atoms with van der Waals surface area (Å²) in [6.07, 6.45) is 1.15. The zero-order valence-electron chi connectivity index (χ0n) is 21.4. The van der Waals surface area contributed by atoms with Gasteiger partial charge >= 0.3 is 0 Å². The van der Waals surface area contributed by atoms with Crippen LogP contribution in [0.15, 0.2) is 78.9 Å². The van der Waals surface area contributed by atoms with Crippen LogP contribution >= 0.6 is 0 Å². The number of hydrogen-bond acceptors (Lipinski definition) is 1. The van der Waals surface area contributed by atoms with Gasteiger partial charge in [-0.3, -0.25) is 0 Å². The van der Waals surface area contributed by atoms with Crippen molar-refractivity contribution in [2.24, 2.45) is 0 Å². The molecule has 0 aliphatic rings. The van der Waals surface area contributed by atoms with Crippen LogP contribution in [-0.2, 0) is 0 Å². The number of rotatable bonds is 7. The largest absolute Gasteiger partial charge is 0.457 e. The number of benzene rings is 4. The first kappa shape index (κ1) is 23.9. The molecule has 4 rings (SSSR count). The predicted octanol–water partition coefficient (Wildman–Crippen LogP) is 7.28. The minimum Gasteiger partial charge on any atom is -0.457 e. The van der Waals surface area contributed by atoms with Crippen LogP contribution in [-0.4, -0.2) is 7.28 Å². The molecule has 0 heterocycles. The van der Waals surface area contributed by atoms with E-state index in [9.17, 15) is 0 Å². The molecule has 0 saturated heterocycles. The van der Waals surface area contributed by atoms with Crippen molar-refractivity contribution in [1.82, 2.24) is 0 Å². The minimum absolute atomic E-state index is 0.575. The zero-order valence-corrected chi connectivity index (χ0v) is 21.4. The van der Waals surface area contributed by atoms with Gasteiger partial charge in [0.1, 0.15) is 11.5 Å². The monoisotopic (exact) mass is 446 g/mol. The summed E-state index contributed by atoms with van der Waals surface area (Å²) in [6.45, 7) is 13.4. The molecule has 0 N–H and O–H groups in total. The molecule has 172 valence electrons. The first-order valence-corrected chi connectivity index (χ1v) is 12.4. The zero-order chi connectivity index (χ0) is 24.2. The lowest BCUT2D eigenvalue weighted by molar-refractivity contribution is 0.481. The Morgan fingerprint density at radius 2 is 1.18 bits per heavy atom. The second kappa shape index (κ2) is 10.3. The summed E-state index contributed by atoms with van der Waals surface area (Å²) in [5, 5.41) is 0. The van der Waals surface area contributed by atoms with Gasteiger partial charge in [-0.15, -0.1) is 0 Å². The van der Waals surface area contributed by atoms with Gasteiger partial charge in [-0.25, -0.2) is 0 Å². The summed E-state index contributed by atoms with van der Waals surface area (Å²) >= 11 is 0. The molecule has 1 nitrogen and oxygen atoms in total. The Morgan fingerprint density at radius 3 is 1.71 bits per heavy atom. The SMILES string of the molecule is CCC(C)c1ccc(Oc2cc(C)c(Bc3c(C)cc(-c4ccccc4)cc3C)c(C)c2)cc1.